The van der Waals surface area contributed by atoms with Gasteiger partial charge in [-0.05, 0) is 37.8 Å². The molecule has 0 N–H and O–H groups in total. The molecule has 0 radical (unpaired) electrons. The van der Waals surface area contributed by atoms with E-state index in [1.54, 1.807) is 0 Å². The highest BCUT2D eigenvalue weighted by Crippen LogP contribution is 2.41. The molecule has 0 spiro atoms. The van der Waals surface area contributed by atoms with Gasteiger partial charge in [0.05, 0.1) is 5.75 Å². The molecule has 2 fully saturated rings. The maximum absolute atomic E-state index is 12.7. The number of rotatable bonds is 6. The van der Waals surface area contributed by atoms with E-state index in [1.165, 1.54) is 43.9 Å². The van der Waals surface area contributed by atoms with Crippen molar-refractivity contribution in [1.29, 1.82) is 0 Å². The van der Waals surface area contributed by atoms with E-state index in [-0.39, 0.29) is 5.91 Å². The minimum atomic E-state index is 0.192. The first-order chi connectivity index (χ1) is 12.7. The van der Waals surface area contributed by atoms with Crippen molar-refractivity contribution in [3.63, 3.8) is 0 Å². The Morgan fingerprint density at radius 2 is 1.85 bits per heavy atom. The fraction of sp³-hybridized carbons (Fsp3) is 0.550. The van der Waals surface area contributed by atoms with Crippen LogP contribution in [0, 0.1) is 0 Å². The van der Waals surface area contributed by atoms with Crippen LogP contribution in [0.2, 0.25) is 0 Å². The summed E-state index contributed by atoms with van der Waals surface area (Å²) in [6.45, 7) is 0. The van der Waals surface area contributed by atoms with Crippen LogP contribution in [0.4, 0.5) is 0 Å². The van der Waals surface area contributed by atoms with Gasteiger partial charge in [-0.25, -0.2) is 0 Å². The number of para-hydroxylation sites is 1. The van der Waals surface area contributed by atoms with Crippen molar-refractivity contribution in [3.05, 3.63) is 36.2 Å². The Morgan fingerprint density at radius 3 is 2.54 bits per heavy atom. The minimum Gasteiger partial charge on any atom is -0.342 e. The van der Waals surface area contributed by atoms with E-state index in [9.17, 15) is 4.79 Å². The van der Waals surface area contributed by atoms with Crippen molar-refractivity contribution in [3.8, 4) is 5.69 Å². The molecule has 4 rings (SSSR count). The van der Waals surface area contributed by atoms with E-state index in [2.05, 4.69) is 26.9 Å². The topological polar surface area (TPSA) is 51.0 Å². The van der Waals surface area contributed by atoms with E-state index >= 15 is 0 Å². The molecule has 5 nitrogen and oxygen atoms in total. The normalized spacial score (nSPS) is 18.0. The van der Waals surface area contributed by atoms with Gasteiger partial charge in [-0.15, -0.1) is 10.2 Å². The summed E-state index contributed by atoms with van der Waals surface area (Å²) in [6, 6.07) is 10.6. The molecule has 6 heteroatoms. The lowest BCUT2D eigenvalue weighted by atomic mass is 9.94. The van der Waals surface area contributed by atoms with Crippen LogP contribution in [0.1, 0.15) is 56.7 Å². The molecule has 1 heterocycles. The molecule has 0 bridgehead atoms. The number of benzene rings is 1. The van der Waals surface area contributed by atoms with Crippen LogP contribution in [0.25, 0.3) is 5.69 Å². The Morgan fingerprint density at radius 1 is 1.12 bits per heavy atom. The molecule has 1 amide bonds. The van der Waals surface area contributed by atoms with Crippen LogP contribution in [-0.2, 0) is 4.79 Å². The number of thioether (sulfide) groups is 1. The van der Waals surface area contributed by atoms with E-state index in [4.69, 9.17) is 0 Å². The number of hydrogen-bond donors (Lipinski definition) is 0. The van der Waals surface area contributed by atoms with Crippen molar-refractivity contribution >= 4 is 17.7 Å². The van der Waals surface area contributed by atoms with Crippen LogP contribution in [0.3, 0.4) is 0 Å². The van der Waals surface area contributed by atoms with Crippen molar-refractivity contribution in [2.45, 2.75) is 62.1 Å². The predicted octanol–water partition coefficient (Wildman–Crippen LogP) is 4.03. The Labute approximate surface area is 159 Å². The second-order valence-corrected chi connectivity index (χ2v) is 8.31. The molecule has 1 aromatic heterocycles. The quantitative estimate of drug-likeness (QED) is 0.721. The van der Waals surface area contributed by atoms with Gasteiger partial charge in [0.15, 0.2) is 5.16 Å². The summed E-state index contributed by atoms with van der Waals surface area (Å²) in [6.07, 6.45) is 8.41. The zero-order valence-electron chi connectivity index (χ0n) is 15.3. The lowest BCUT2D eigenvalue weighted by Crippen LogP contribution is -2.39. The molecule has 0 aliphatic heterocycles. The Kier molecular flexibility index (Phi) is 5.29. The molecular weight excluding hydrogens is 344 g/mol. The van der Waals surface area contributed by atoms with Crippen LogP contribution in [0.5, 0.6) is 0 Å². The molecule has 2 aliphatic rings. The van der Waals surface area contributed by atoms with E-state index in [0.717, 1.165) is 29.5 Å². The third kappa shape index (κ3) is 3.80. The standard InChI is InChI=1S/C20H26N4OS/c1-23(16-8-4-2-5-9-16)18(25)14-26-20-22-21-19(15-12-13-15)24(20)17-10-6-3-7-11-17/h3,6-7,10-11,15-16H,2,4-5,8-9,12-14H2,1H3. The van der Waals surface area contributed by atoms with Crippen LogP contribution in [0.15, 0.2) is 35.5 Å². The summed E-state index contributed by atoms with van der Waals surface area (Å²) in [5.41, 5.74) is 1.08. The highest BCUT2D eigenvalue weighted by Gasteiger charge is 2.31. The van der Waals surface area contributed by atoms with E-state index in [0.29, 0.717) is 17.7 Å². The molecule has 2 aliphatic carbocycles. The smallest absolute Gasteiger partial charge is 0.233 e. The lowest BCUT2D eigenvalue weighted by molar-refractivity contribution is -0.129. The maximum atomic E-state index is 12.7. The van der Waals surface area contributed by atoms with E-state index < -0.39 is 0 Å². The molecule has 2 saturated carbocycles. The maximum Gasteiger partial charge on any atom is 0.233 e. The third-order valence-corrected chi connectivity index (χ3v) is 6.37. The Balaban J connectivity index is 1.47. The predicted molar refractivity (Wildman–Crippen MR) is 104 cm³/mol. The van der Waals surface area contributed by atoms with Gasteiger partial charge in [0, 0.05) is 24.7 Å². The highest BCUT2D eigenvalue weighted by molar-refractivity contribution is 7.99. The third-order valence-electron chi connectivity index (χ3n) is 5.46. The molecule has 26 heavy (non-hydrogen) atoms. The van der Waals surface area contributed by atoms with Crippen LogP contribution < -0.4 is 0 Å². The SMILES string of the molecule is CN(C(=O)CSc1nnc(C2CC2)n1-c1ccccc1)C1CCCCC1. The van der Waals surface area contributed by atoms with Gasteiger partial charge in [0.1, 0.15) is 5.82 Å². The van der Waals surface area contributed by atoms with Crippen molar-refractivity contribution in [2.24, 2.45) is 0 Å². The Bertz CT molecular complexity index is 750. The number of nitrogens with zero attached hydrogens (tertiary/aromatic N) is 4. The largest absolute Gasteiger partial charge is 0.342 e. The molecule has 1 aromatic carbocycles. The lowest BCUT2D eigenvalue weighted by Gasteiger charge is -2.31. The first-order valence-electron chi connectivity index (χ1n) is 9.63. The van der Waals surface area contributed by atoms with Crippen molar-refractivity contribution < 1.29 is 4.79 Å². The highest BCUT2D eigenvalue weighted by atomic mass is 32.2. The molecule has 0 saturated heterocycles. The van der Waals surface area contributed by atoms with Gasteiger partial charge in [-0.1, -0.05) is 49.2 Å². The van der Waals surface area contributed by atoms with E-state index in [1.807, 2.05) is 30.1 Å². The Hall–Kier alpha value is -1.82. The number of amides is 1. The zero-order chi connectivity index (χ0) is 17.9. The van der Waals surface area contributed by atoms with Gasteiger partial charge in [-0.3, -0.25) is 9.36 Å². The minimum absolute atomic E-state index is 0.192. The number of aromatic nitrogens is 3. The van der Waals surface area contributed by atoms with Crippen molar-refractivity contribution in [1.82, 2.24) is 19.7 Å². The molecule has 138 valence electrons. The van der Waals surface area contributed by atoms with Gasteiger partial charge in [0.25, 0.3) is 0 Å². The van der Waals surface area contributed by atoms with Crippen LogP contribution in [-0.4, -0.2) is 44.4 Å². The summed E-state index contributed by atoms with van der Waals surface area (Å²) in [5, 5.41) is 9.66. The molecule has 0 unspecified atom stereocenters. The number of carbonyl (C=O) groups is 1. The van der Waals surface area contributed by atoms with Gasteiger partial charge in [-0.2, -0.15) is 0 Å². The second kappa shape index (κ2) is 7.82. The fourth-order valence-electron chi connectivity index (χ4n) is 3.70. The summed E-state index contributed by atoms with van der Waals surface area (Å²) in [4.78, 5) is 14.6. The first-order valence-corrected chi connectivity index (χ1v) is 10.6. The summed E-state index contributed by atoms with van der Waals surface area (Å²) in [7, 11) is 1.95. The zero-order valence-corrected chi connectivity index (χ0v) is 16.1. The van der Waals surface area contributed by atoms with Crippen LogP contribution >= 0.6 is 11.8 Å². The van der Waals surface area contributed by atoms with Crippen molar-refractivity contribution in [2.75, 3.05) is 12.8 Å². The average molecular weight is 371 g/mol. The average Bonchev–Trinajstić information content (AvgIpc) is 3.46. The molecular formula is C20H26N4OS. The molecule has 2 aromatic rings. The number of carbonyl (C=O) groups excluding carboxylic acids is 1. The summed E-state index contributed by atoms with van der Waals surface area (Å²) in [5.74, 6) is 2.16. The monoisotopic (exact) mass is 370 g/mol. The summed E-state index contributed by atoms with van der Waals surface area (Å²) < 4.78 is 2.14. The first kappa shape index (κ1) is 17.6. The second-order valence-electron chi connectivity index (χ2n) is 7.37. The summed E-state index contributed by atoms with van der Waals surface area (Å²) >= 11 is 1.51. The fourth-order valence-corrected chi connectivity index (χ4v) is 4.58. The molecule has 0 atom stereocenters. The number of hydrogen-bond acceptors (Lipinski definition) is 4. The van der Waals surface area contributed by atoms with Gasteiger partial charge in [0.2, 0.25) is 5.91 Å². The van der Waals surface area contributed by atoms with Gasteiger partial charge >= 0.3 is 0 Å². The van der Waals surface area contributed by atoms with Gasteiger partial charge < -0.3 is 4.90 Å².